The second kappa shape index (κ2) is 28.4. The summed E-state index contributed by atoms with van der Waals surface area (Å²) in [6.45, 7) is 2.56. The third-order valence-corrected chi connectivity index (χ3v) is 8.09. The lowest BCUT2D eigenvalue weighted by Gasteiger charge is -2.12. The molecule has 0 bridgehead atoms. The largest absolute Gasteiger partial charge is 0.379 e. The van der Waals surface area contributed by atoms with Crippen LogP contribution in [0.1, 0.15) is 173 Å². The predicted octanol–water partition coefficient (Wildman–Crippen LogP) is 7.67. The van der Waals surface area contributed by atoms with Crippen LogP contribution in [0, 0.1) is 0 Å². The van der Waals surface area contributed by atoms with Crippen molar-refractivity contribution in [1.82, 2.24) is 16.0 Å². The standard InChI is InChI=1S/C33H65N3O3/c37-31-25-19-13-7-1-4-10-16-22-28-34-32(38)26-20-14-8-3-6-12-18-24-30-36-33(39)27-21-15-9-2-5-11-17-23-29-35-31/h31,35,37H,1-30H2,(H,34,38)(H,36,39). The van der Waals surface area contributed by atoms with E-state index in [1.165, 1.54) is 103 Å². The Morgan fingerprint density at radius 2 is 0.718 bits per heavy atom. The third-order valence-electron chi connectivity index (χ3n) is 8.09. The summed E-state index contributed by atoms with van der Waals surface area (Å²) in [5.41, 5.74) is 0. The molecule has 39 heavy (non-hydrogen) atoms. The zero-order chi connectivity index (χ0) is 28.1. The maximum absolute atomic E-state index is 12.0. The first-order chi connectivity index (χ1) is 19.2. The molecule has 2 amide bonds. The molecule has 0 aromatic carbocycles. The molecule has 1 saturated heterocycles. The van der Waals surface area contributed by atoms with Crippen LogP contribution in [0.3, 0.4) is 0 Å². The van der Waals surface area contributed by atoms with Gasteiger partial charge in [-0.3, -0.25) is 14.9 Å². The minimum Gasteiger partial charge on any atom is -0.379 e. The molecule has 0 aliphatic carbocycles. The maximum Gasteiger partial charge on any atom is 0.219 e. The molecule has 6 nitrogen and oxygen atoms in total. The summed E-state index contributed by atoms with van der Waals surface area (Å²) in [6.07, 6.45) is 30.6. The highest BCUT2D eigenvalue weighted by atomic mass is 16.3. The number of amides is 2. The van der Waals surface area contributed by atoms with Gasteiger partial charge in [-0.25, -0.2) is 0 Å². The van der Waals surface area contributed by atoms with Crippen molar-refractivity contribution in [2.75, 3.05) is 19.6 Å². The topological polar surface area (TPSA) is 90.5 Å². The van der Waals surface area contributed by atoms with Crippen LogP contribution in [0.4, 0.5) is 0 Å². The second-order valence-electron chi connectivity index (χ2n) is 11.9. The Balaban J connectivity index is 2.15. The number of carbonyl (C=O) groups is 2. The Morgan fingerprint density at radius 1 is 0.410 bits per heavy atom. The first kappa shape index (κ1) is 35.9. The fourth-order valence-electron chi connectivity index (χ4n) is 5.47. The van der Waals surface area contributed by atoms with Gasteiger partial charge in [0.25, 0.3) is 0 Å². The van der Waals surface area contributed by atoms with E-state index in [0.29, 0.717) is 12.8 Å². The molecular formula is C33H65N3O3. The summed E-state index contributed by atoms with van der Waals surface area (Å²) in [7, 11) is 0. The van der Waals surface area contributed by atoms with Crippen molar-refractivity contribution in [3.05, 3.63) is 0 Å². The first-order valence-electron chi connectivity index (χ1n) is 17.1. The zero-order valence-electron chi connectivity index (χ0n) is 25.6. The minimum absolute atomic E-state index is 0.219. The Hall–Kier alpha value is -1.14. The molecule has 230 valence electrons. The van der Waals surface area contributed by atoms with E-state index >= 15 is 0 Å². The van der Waals surface area contributed by atoms with E-state index in [2.05, 4.69) is 16.0 Å². The van der Waals surface area contributed by atoms with Crippen molar-refractivity contribution in [2.45, 2.75) is 180 Å². The smallest absolute Gasteiger partial charge is 0.219 e. The second-order valence-corrected chi connectivity index (χ2v) is 11.9. The molecule has 0 saturated carbocycles. The number of carbonyl (C=O) groups excluding carboxylic acids is 2. The Bertz CT molecular complexity index is 512. The lowest BCUT2D eigenvalue weighted by atomic mass is 10.1. The van der Waals surface area contributed by atoms with Gasteiger partial charge in [0.05, 0.1) is 0 Å². The number of hydrogen-bond acceptors (Lipinski definition) is 4. The van der Waals surface area contributed by atoms with Gasteiger partial charge in [0, 0.05) is 25.9 Å². The van der Waals surface area contributed by atoms with Gasteiger partial charge in [0.15, 0.2) is 0 Å². The van der Waals surface area contributed by atoms with Crippen LogP contribution >= 0.6 is 0 Å². The van der Waals surface area contributed by atoms with Crippen LogP contribution in [-0.2, 0) is 9.59 Å². The van der Waals surface area contributed by atoms with Gasteiger partial charge in [0.1, 0.15) is 6.23 Å². The summed E-state index contributed by atoms with van der Waals surface area (Å²) in [5, 5.41) is 19.6. The van der Waals surface area contributed by atoms with Gasteiger partial charge in [-0.1, -0.05) is 116 Å². The van der Waals surface area contributed by atoms with Gasteiger partial charge < -0.3 is 15.7 Å². The predicted molar refractivity (Wildman–Crippen MR) is 165 cm³/mol. The molecule has 0 aromatic heterocycles. The number of hydrogen-bond donors (Lipinski definition) is 4. The molecule has 4 N–H and O–H groups in total. The number of aliphatic hydroxyl groups excluding tert-OH is 1. The quantitative estimate of drug-likeness (QED) is 0.249. The van der Waals surface area contributed by atoms with Crippen LogP contribution in [0.15, 0.2) is 0 Å². The SMILES string of the molecule is O=C1CCCCCCCCCCNC(=O)CCCCCCCCCCNC(O)CCCCCCCCCCN1. The van der Waals surface area contributed by atoms with Crippen molar-refractivity contribution >= 4 is 11.8 Å². The van der Waals surface area contributed by atoms with Crippen molar-refractivity contribution in [3.63, 3.8) is 0 Å². The van der Waals surface area contributed by atoms with Gasteiger partial charge in [-0.2, -0.15) is 0 Å². The Labute approximate surface area is 241 Å². The Kier molecular flexibility index (Phi) is 26.1. The van der Waals surface area contributed by atoms with Gasteiger partial charge in [-0.05, 0) is 51.5 Å². The van der Waals surface area contributed by atoms with Gasteiger partial charge >= 0.3 is 0 Å². The summed E-state index contributed by atoms with van der Waals surface area (Å²) < 4.78 is 0. The van der Waals surface area contributed by atoms with E-state index in [4.69, 9.17) is 0 Å². The molecule has 1 aliphatic rings. The molecule has 1 aliphatic heterocycles. The number of aliphatic hydroxyl groups is 1. The fourth-order valence-corrected chi connectivity index (χ4v) is 5.47. The molecule has 0 spiro atoms. The summed E-state index contributed by atoms with van der Waals surface area (Å²) in [4.78, 5) is 24.0. The van der Waals surface area contributed by atoms with E-state index in [9.17, 15) is 14.7 Å². The monoisotopic (exact) mass is 552 g/mol. The lowest BCUT2D eigenvalue weighted by molar-refractivity contribution is -0.122. The number of nitrogens with one attached hydrogen (secondary N) is 3. The highest BCUT2D eigenvalue weighted by molar-refractivity contribution is 5.76. The molecular weight excluding hydrogens is 486 g/mol. The van der Waals surface area contributed by atoms with E-state index in [0.717, 1.165) is 77.4 Å². The van der Waals surface area contributed by atoms with Crippen molar-refractivity contribution in [2.24, 2.45) is 0 Å². The molecule has 1 heterocycles. The van der Waals surface area contributed by atoms with Crippen LogP contribution in [0.5, 0.6) is 0 Å². The highest BCUT2D eigenvalue weighted by Gasteiger charge is 2.04. The fraction of sp³-hybridized carbons (Fsp3) is 0.939. The average Bonchev–Trinajstić information content (AvgIpc) is 2.92. The van der Waals surface area contributed by atoms with Crippen LogP contribution in [0.25, 0.3) is 0 Å². The normalized spacial score (nSPS) is 24.7. The van der Waals surface area contributed by atoms with Crippen molar-refractivity contribution < 1.29 is 14.7 Å². The van der Waals surface area contributed by atoms with E-state index in [1.54, 1.807) is 0 Å². The van der Waals surface area contributed by atoms with Crippen molar-refractivity contribution in [1.29, 1.82) is 0 Å². The van der Waals surface area contributed by atoms with E-state index in [1.807, 2.05) is 0 Å². The molecule has 1 atom stereocenters. The first-order valence-corrected chi connectivity index (χ1v) is 17.1. The molecule has 6 heteroatoms. The van der Waals surface area contributed by atoms with E-state index in [-0.39, 0.29) is 18.0 Å². The van der Waals surface area contributed by atoms with E-state index < -0.39 is 0 Å². The summed E-state index contributed by atoms with van der Waals surface area (Å²) >= 11 is 0. The van der Waals surface area contributed by atoms with Gasteiger partial charge in [-0.15, -0.1) is 0 Å². The molecule has 0 aromatic rings. The van der Waals surface area contributed by atoms with Crippen LogP contribution < -0.4 is 16.0 Å². The molecule has 1 fully saturated rings. The zero-order valence-corrected chi connectivity index (χ0v) is 25.6. The molecule has 1 unspecified atom stereocenters. The highest BCUT2D eigenvalue weighted by Crippen LogP contribution is 2.13. The summed E-state index contributed by atoms with van der Waals surface area (Å²) in [6, 6.07) is 0. The third kappa shape index (κ3) is 26.8. The number of rotatable bonds is 0. The maximum atomic E-state index is 12.0. The lowest BCUT2D eigenvalue weighted by Crippen LogP contribution is -2.29. The van der Waals surface area contributed by atoms with Crippen LogP contribution in [-0.4, -0.2) is 42.8 Å². The minimum atomic E-state index is -0.353. The summed E-state index contributed by atoms with van der Waals surface area (Å²) in [5.74, 6) is 0.439. The van der Waals surface area contributed by atoms with Crippen LogP contribution in [0.2, 0.25) is 0 Å². The Morgan fingerprint density at radius 3 is 1.13 bits per heavy atom. The molecule has 0 radical (unpaired) electrons. The van der Waals surface area contributed by atoms with Gasteiger partial charge in [0.2, 0.25) is 11.8 Å². The average molecular weight is 552 g/mol. The van der Waals surface area contributed by atoms with Crippen molar-refractivity contribution in [3.8, 4) is 0 Å². The molecule has 1 rings (SSSR count).